The van der Waals surface area contributed by atoms with Crippen molar-refractivity contribution in [2.24, 2.45) is 0 Å². The summed E-state index contributed by atoms with van der Waals surface area (Å²) in [6.07, 6.45) is 0. The highest BCUT2D eigenvalue weighted by molar-refractivity contribution is 7.99. The number of hydrogen-bond donors (Lipinski definition) is 2. The SMILES string of the molecule is Cc1c(Sc2ccccc2)cc(N)c(N)c1C. The Balaban J connectivity index is 2.41. The minimum atomic E-state index is 0.659. The molecule has 0 saturated heterocycles. The predicted octanol–water partition coefficient (Wildman–Crippen LogP) is 3.62. The van der Waals surface area contributed by atoms with Gasteiger partial charge in [0.2, 0.25) is 0 Å². The second-order valence-electron chi connectivity index (χ2n) is 4.04. The fourth-order valence-corrected chi connectivity index (χ4v) is 2.69. The molecule has 0 aliphatic heterocycles. The molecule has 0 fully saturated rings. The van der Waals surface area contributed by atoms with Crippen molar-refractivity contribution in [3.05, 3.63) is 47.5 Å². The number of anilines is 2. The van der Waals surface area contributed by atoms with Crippen molar-refractivity contribution in [3.8, 4) is 0 Å². The molecule has 2 rings (SSSR count). The Morgan fingerprint density at radius 3 is 2.24 bits per heavy atom. The van der Waals surface area contributed by atoms with E-state index < -0.39 is 0 Å². The molecule has 0 atom stereocenters. The van der Waals surface area contributed by atoms with Crippen molar-refractivity contribution < 1.29 is 0 Å². The minimum absolute atomic E-state index is 0.659. The van der Waals surface area contributed by atoms with Gasteiger partial charge < -0.3 is 11.5 Å². The van der Waals surface area contributed by atoms with E-state index in [1.165, 1.54) is 15.4 Å². The van der Waals surface area contributed by atoms with E-state index in [2.05, 4.69) is 19.1 Å². The second-order valence-corrected chi connectivity index (χ2v) is 5.16. The van der Waals surface area contributed by atoms with E-state index in [0.717, 1.165) is 5.56 Å². The standard InChI is InChI=1S/C14H16N2S/c1-9-10(2)14(16)12(15)8-13(9)17-11-6-4-3-5-7-11/h3-8H,15-16H2,1-2H3. The number of nitrogen functional groups attached to an aromatic ring is 2. The second kappa shape index (κ2) is 4.72. The summed E-state index contributed by atoms with van der Waals surface area (Å²) in [5.74, 6) is 0. The van der Waals surface area contributed by atoms with Crippen LogP contribution in [0.25, 0.3) is 0 Å². The number of rotatable bonds is 2. The van der Waals surface area contributed by atoms with Gasteiger partial charge in [-0.25, -0.2) is 0 Å². The van der Waals surface area contributed by atoms with Crippen LogP contribution in [-0.2, 0) is 0 Å². The van der Waals surface area contributed by atoms with Gasteiger partial charge in [0.1, 0.15) is 0 Å². The summed E-state index contributed by atoms with van der Waals surface area (Å²) >= 11 is 1.72. The van der Waals surface area contributed by atoms with Crippen molar-refractivity contribution in [2.75, 3.05) is 11.5 Å². The third kappa shape index (κ3) is 2.39. The first kappa shape index (κ1) is 11.9. The van der Waals surface area contributed by atoms with Gasteiger partial charge in [0.15, 0.2) is 0 Å². The summed E-state index contributed by atoms with van der Waals surface area (Å²) in [6.45, 7) is 4.09. The first-order chi connectivity index (χ1) is 8.09. The molecule has 4 N–H and O–H groups in total. The lowest BCUT2D eigenvalue weighted by Gasteiger charge is -2.13. The van der Waals surface area contributed by atoms with Crippen LogP contribution in [0.1, 0.15) is 11.1 Å². The quantitative estimate of drug-likeness (QED) is 0.793. The summed E-state index contributed by atoms with van der Waals surface area (Å²) < 4.78 is 0. The van der Waals surface area contributed by atoms with Crippen LogP contribution in [0.15, 0.2) is 46.2 Å². The molecular formula is C14H16N2S. The normalized spacial score (nSPS) is 10.5. The predicted molar refractivity (Wildman–Crippen MR) is 75.3 cm³/mol. The van der Waals surface area contributed by atoms with Crippen molar-refractivity contribution in [2.45, 2.75) is 23.6 Å². The van der Waals surface area contributed by atoms with E-state index in [0.29, 0.717) is 11.4 Å². The molecule has 0 saturated carbocycles. The van der Waals surface area contributed by atoms with Crippen LogP contribution in [0.3, 0.4) is 0 Å². The van der Waals surface area contributed by atoms with Gasteiger partial charge in [-0.1, -0.05) is 30.0 Å². The molecule has 0 aromatic heterocycles. The van der Waals surface area contributed by atoms with Gasteiger partial charge in [0.05, 0.1) is 11.4 Å². The zero-order valence-electron chi connectivity index (χ0n) is 10.0. The first-order valence-corrected chi connectivity index (χ1v) is 6.29. The lowest BCUT2D eigenvalue weighted by Crippen LogP contribution is -2.00. The van der Waals surface area contributed by atoms with Crippen molar-refractivity contribution in [3.63, 3.8) is 0 Å². The van der Waals surface area contributed by atoms with Crippen molar-refractivity contribution in [1.82, 2.24) is 0 Å². The summed E-state index contributed by atoms with van der Waals surface area (Å²) in [5.41, 5.74) is 15.4. The lowest BCUT2D eigenvalue weighted by molar-refractivity contribution is 1.23. The van der Waals surface area contributed by atoms with Crippen LogP contribution < -0.4 is 11.5 Å². The maximum Gasteiger partial charge on any atom is 0.0580 e. The number of benzene rings is 2. The van der Waals surface area contributed by atoms with Gasteiger partial charge >= 0.3 is 0 Å². The van der Waals surface area contributed by atoms with Crippen LogP contribution in [0.4, 0.5) is 11.4 Å². The molecule has 88 valence electrons. The van der Waals surface area contributed by atoms with Gasteiger partial charge in [-0.3, -0.25) is 0 Å². The Labute approximate surface area is 106 Å². The monoisotopic (exact) mass is 244 g/mol. The Bertz CT molecular complexity index is 536. The molecule has 0 amide bonds. The summed E-state index contributed by atoms with van der Waals surface area (Å²) in [4.78, 5) is 2.37. The highest BCUT2D eigenvalue weighted by atomic mass is 32.2. The molecule has 3 heteroatoms. The maximum absolute atomic E-state index is 5.91. The van der Waals surface area contributed by atoms with Gasteiger partial charge in [-0.15, -0.1) is 0 Å². The van der Waals surface area contributed by atoms with E-state index >= 15 is 0 Å². The minimum Gasteiger partial charge on any atom is -0.397 e. The van der Waals surface area contributed by atoms with E-state index in [4.69, 9.17) is 11.5 Å². The molecule has 0 spiro atoms. The van der Waals surface area contributed by atoms with Crippen molar-refractivity contribution >= 4 is 23.1 Å². The Kier molecular flexibility index (Phi) is 3.29. The summed E-state index contributed by atoms with van der Waals surface area (Å²) in [6, 6.07) is 12.2. The molecule has 0 radical (unpaired) electrons. The molecular weight excluding hydrogens is 228 g/mol. The molecule has 2 aromatic carbocycles. The van der Waals surface area contributed by atoms with E-state index in [1.54, 1.807) is 11.8 Å². The zero-order chi connectivity index (χ0) is 12.4. The van der Waals surface area contributed by atoms with Crippen LogP contribution in [-0.4, -0.2) is 0 Å². The van der Waals surface area contributed by atoms with Gasteiger partial charge in [0, 0.05) is 9.79 Å². The van der Waals surface area contributed by atoms with Crippen LogP contribution in [0.2, 0.25) is 0 Å². The van der Waals surface area contributed by atoms with Crippen LogP contribution in [0.5, 0.6) is 0 Å². The zero-order valence-corrected chi connectivity index (χ0v) is 10.8. The largest absolute Gasteiger partial charge is 0.397 e. The summed E-state index contributed by atoms with van der Waals surface area (Å²) in [7, 11) is 0. The van der Waals surface area contributed by atoms with Gasteiger partial charge in [-0.05, 0) is 43.2 Å². The lowest BCUT2D eigenvalue weighted by atomic mass is 10.1. The average Bonchev–Trinajstić information content (AvgIpc) is 2.35. The Morgan fingerprint density at radius 1 is 0.941 bits per heavy atom. The molecule has 2 nitrogen and oxygen atoms in total. The third-order valence-corrected chi connectivity index (χ3v) is 4.06. The molecule has 0 aliphatic carbocycles. The Hall–Kier alpha value is -1.61. The molecule has 0 bridgehead atoms. The Morgan fingerprint density at radius 2 is 1.59 bits per heavy atom. The highest BCUT2D eigenvalue weighted by Crippen LogP contribution is 2.36. The molecule has 0 aliphatic rings. The van der Waals surface area contributed by atoms with Gasteiger partial charge in [0.25, 0.3) is 0 Å². The molecule has 17 heavy (non-hydrogen) atoms. The average molecular weight is 244 g/mol. The molecule has 2 aromatic rings. The van der Waals surface area contributed by atoms with Gasteiger partial charge in [-0.2, -0.15) is 0 Å². The first-order valence-electron chi connectivity index (χ1n) is 5.47. The third-order valence-electron chi connectivity index (χ3n) is 2.90. The topological polar surface area (TPSA) is 52.0 Å². The van der Waals surface area contributed by atoms with E-state index in [1.807, 2.05) is 31.2 Å². The maximum atomic E-state index is 5.91. The van der Waals surface area contributed by atoms with Crippen LogP contribution >= 0.6 is 11.8 Å². The fourth-order valence-electron chi connectivity index (χ4n) is 1.65. The molecule has 0 heterocycles. The van der Waals surface area contributed by atoms with E-state index in [9.17, 15) is 0 Å². The summed E-state index contributed by atoms with van der Waals surface area (Å²) in [5, 5.41) is 0. The van der Waals surface area contributed by atoms with Crippen LogP contribution in [0, 0.1) is 13.8 Å². The van der Waals surface area contributed by atoms with Crippen molar-refractivity contribution in [1.29, 1.82) is 0 Å². The fraction of sp³-hybridized carbons (Fsp3) is 0.143. The molecule has 0 unspecified atom stereocenters. The smallest absolute Gasteiger partial charge is 0.0580 e. The van der Waals surface area contributed by atoms with E-state index in [-0.39, 0.29) is 0 Å². The highest BCUT2D eigenvalue weighted by Gasteiger charge is 2.09. The number of nitrogens with two attached hydrogens (primary N) is 2. The number of hydrogen-bond acceptors (Lipinski definition) is 3.